The molecule has 184 valence electrons. The Morgan fingerprint density at radius 2 is 1.45 bits per heavy atom. The predicted octanol–water partition coefficient (Wildman–Crippen LogP) is 5.80. The number of rotatable bonds is 19. The average molecular weight is 461 g/mol. The summed E-state index contributed by atoms with van der Waals surface area (Å²) < 4.78 is 11.9. The number of unbranched alkanes of at least 4 members (excludes halogenated alkanes) is 8. The quantitative estimate of drug-likeness (QED) is 0.114. The van der Waals surface area contributed by atoms with E-state index in [9.17, 15) is 9.59 Å². The van der Waals surface area contributed by atoms with Gasteiger partial charge in [-0.3, -0.25) is 9.59 Å². The summed E-state index contributed by atoms with van der Waals surface area (Å²) in [6.45, 7) is 9.92. The Morgan fingerprint density at radius 1 is 0.935 bits per heavy atom. The van der Waals surface area contributed by atoms with Crippen molar-refractivity contribution < 1.29 is 23.5 Å². The van der Waals surface area contributed by atoms with Gasteiger partial charge in [-0.05, 0) is 45.8 Å². The van der Waals surface area contributed by atoms with Crippen molar-refractivity contribution in [3.8, 4) is 0 Å². The van der Waals surface area contributed by atoms with Crippen molar-refractivity contribution in [2.45, 2.75) is 104 Å². The van der Waals surface area contributed by atoms with Crippen LogP contribution in [0.1, 0.15) is 98.3 Å². The van der Waals surface area contributed by atoms with Gasteiger partial charge in [0.25, 0.3) is 0 Å². The molecule has 0 spiro atoms. The van der Waals surface area contributed by atoms with E-state index in [4.69, 9.17) is 9.47 Å². The Bertz CT molecular complexity index is 494. The second kappa shape index (κ2) is 16.8. The van der Waals surface area contributed by atoms with E-state index in [1.807, 2.05) is 20.8 Å². The van der Waals surface area contributed by atoms with Crippen LogP contribution in [0, 0.1) is 5.92 Å². The Balaban J connectivity index is 3.95. The number of hydrogen-bond donors (Lipinski definition) is 1. The normalized spacial score (nSPS) is 13.1. The van der Waals surface area contributed by atoms with Crippen LogP contribution in [0.15, 0.2) is 0 Å². The molecule has 0 saturated heterocycles. The first-order valence-corrected chi connectivity index (χ1v) is 13.0. The van der Waals surface area contributed by atoms with Crippen molar-refractivity contribution in [3.05, 3.63) is 0 Å². The van der Waals surface area contributed by atoms with Crippen molar-refractivity contribution in [2.75, 3.05) is 39.5 Å². The molecule has 1 atom stereocenters. The highest BCUT2D eigenvalue weighted by Gasteiger charge is 2.29. The summed E-state index contributed by atoms with van der Waals surface area (Å²) in [6, 6.07) is 0. The number of nitrogens with zero attached hydrogens (tertiary/aromatic N) is 1. The van der Waals surface area contributed by atoms with Gasteiger partial charge >= 0.3 is 11.9 Å². The van der Waals surface area contributed by atoms with Gasteiger partial charge < -0.3 is 14.0 Å². The maximum absolute atomic E-state index is 12.3. The summed E-state index contributed by atoms with van der Waals surface area (Å²) in [6.07, 6.45) is 11.7. The average Bonchev–Trinajstić information content (AvgIpc) is 2.68. The van der Waals surface area contributed by atoms with Gasteiger partial charge in [0.05, 0.1) is 26.6 Å². The van der Waals surface area contributed by atoms with Gasteiger partial charge in [0, 0.05) is 6.42 Å². The molecule has 0 saturated carbocycles. The molecule has 1 unspecified atom stereocenters. The summed E-state index contributed by atoms with van der Waals surface area (Å²) in [5.41, 5.74) is -0.665. The smallest absolute Gasteiger partial charge is 0.309 e. The molecule has 0 aromatic carbocycles. The summed E-state index contributed by atoms with van der Waals surface area (Å²) in [5.74, 6) is 0.310. The van der Waals surface area contributed by atoms with E-state index in [0.29, 0.717) is 19.4 Å². The first kappa shape index (κ1) is 30.2. The van der Waals surface area contributed by atoms with Crippen molar-refractivity contribution in [3.63, 3.8) is 0 Å². The van der Waals surface area contributed by atoms with E-state index < -0.39 is 5.60 Å². The van der Waals surface area contributed by atoms with Crippen molar-refractivity contribution in [1.29, 1.82) is 0 Å². The van der Waals surface area contributed by atoms with Gasteiger partial charge in [-0.15, -0.1) is 0 Å². The summed E-state index contributed by atoms with van der Waals surface area (Å²) in [5, 5.41) is 0. The molecule has 0 rings (SSSR count). The van der Waals surface area contributed by atoms with Crippen LogP contribution in [-0.4, -0.2) is 61.6 Å². The van der Waals surface area contributed by atoms with Gasteiger partial charge in [0.2, 0.25) is 0 Å². The third-order valence-electron chi connectivity index (χ3n) is 5.93. The minimum atomic E-state index is -0.665. The number of quaternary nitrogens is 1. The zero-order valence-electron chi connectivity index (χ0n) is 21.2. The number of ether oxygens (including phenoxy) is 2. The number of likely N-dealkylation sites (N-methyl/N-ethyl adjacent to an activating group) is 1. The molecule has 0 aromatic heterocycles. The van der Waals surface area contributed by atoms with Gasteiger partial charge in [-0.2, -0.15) is 12.6 Å². The summed E-state index contributed by atoms with van der Waals surface area (Å²) in [4.78, 5) is 24.5. The molecule has 0 radical (unpaired) electrons. The van der Waals surface area contributed by atoms with Crippen molar-refractivity contribution in [1.82, 2.24) is 0 Å². The second-order valence-electron chi connectivity index (χ2n) is 10.1. The Labute approximate surface area is 197 Å². The van der Waals surface area contributed by atoms with Crippen LogP contribution in [0.5, 0.6) is 0 Å². The number of esters is 2. The molecule has 0 aliphatic carbocycles. The van der Waals surface area contributed by atoms with Crippen LogP contribution in [0.2, 0.25) is 0 Å². The molecule has 0 aliphatic heterocycles. The van der Waals surface area contributed by atoms with Crippen LogP contribution in [0.4, 0.5) is 0 Å². The van der Waals surface area contributed by atoms with E-state index in [1.54, 1.807) is 0 Å². The first-order valence-electron chi connectivity index (χ1n) is 12.3. The Morgan fingerprint density at radius 3 is 1.97 bits per heavy atom. The van der Waals surface area contributed by atoms with Crippen LogP contribution in [0.25, 0.3) is 0 Å². The Hall–Kier alpha value is -0.750. The molecule has 0 aromatic rings. The van der Waals surface area contributed by atoms with Crippen molar-refractivity contribution >= 4 is 24.6 Å². The lowest BCUT2D eigenvalue weighted by molar-refractivity contribution is -0.888. The fourth-order valence-corrected chi connectivity index (χ4v) is 3.76. The third kappa shape index (κ3) is 17.5. The molecule has 0 N–H and O–H groups in total. The number of carbonyl (C=O) groups excluding carboxylic acids is 2. The van der Waals surface area contributed by atoms with Gasteiger partial charge in [-0.25, -0.2) is 0 Å². The highest BCUT2D eigenvalue weighted by Crippen LogP contribution is 2.23. The largest absolute Gasteiger partial charge is 0.460 e. The van der Waals surface area contributed by atoms with Gasteiger partial charge in [0.15, 0.2) is 0 Å². The fraction of sp³-hybridized carbons (Fsp3) is 0.920. The van der Waals surface area contributed by atoms with E-state index in [0.717, 1.165) is 36.2 Å². The van der Waals surface area contributed by atoms with E-state index >= 15 is 0 Å². The second-order valence-corrected chi connectivity index (χ2v) is 10.6. The van der Waals surface area contributed by atoms with Crippen LogP contribution >= 0.6 is 12.6 Å². The number of hydrogen-bond acceptors (Lipinski definition) is 5. The standard InChI is InChI=1S/C25H49NO4S/c1-7-26(5,6)18-19-29-24(28)22(2)21-25(3,4)30-23(27)17-15-13-11-9-8-10-12-14-16-20-31/h22H,7-21H2,1-6H3/p+1. The molecule has 0 heterocycles. The lowest BCUT2D eigenvalue weighted by atomic mass is 9.94. The molecule has 0 aliphatic rings. The van der Waals surface area contributed by atoms with E-state index in [-0.39, 0.29) is 17.9 Å². The highest BCUT2D eigenvalue weighted by atomic mass is 32.1. The molecule has 6 heteroatoms. The molecule has 0 bridgehead atoms. The maximum atomic E-state index is 12.3. The van der Waals surface area contributed by atoms with Gasteiger partial charge in [0.1, 0.15) is 18.8 Å². The van der Waals surface area contributed by atoms with Crippen LogP contribution in [-0.2, 0) is 19.1 Å². The van der Waals surface area contributed by atoms with Gasteiger partial charge in [-0.1, -0.05) is 51.9 Å². The number of thiol groups is 1. The topological polar surface area (TPSA) is 52.6 Å². The first-order chi connectivity index (χ1) is 14.5. The lowest BCUT2D eigenvalue weighted by Crippen LogP contribution is -2.42. The van der Waals surface area contributed by atoms with Crippen LogP contribution in [0.3, 0.4) is 0 Å². The number of carbonyl (C=O) groups is 2. The molecule has 0 fully saturated rings. The molecule has 31 heavy (non-hydrogen) atoms. The maximum Gasteiger partial charge on any atom is 0.309 e. The molecule has 5 nitrogen and oxygen atoms in total. The summed E-state index contributed by atoms with van der Waals surface area (Å²) >= 11 is 4.23. The monoisotopic (exact) mass is 460 g/mol. The minimum absolute atomic E-state index is 0.167. The summed E-state index contributed by atoms with van der Waals surface area (Å²) in [7, 11) is 4.23. The Kier molecular flexibility index (Phi) is 16.4. The van der Waals surface area contributed by atoms with E-state index in [2.05, 4.69) is 33.6 Å². The highest BCUT2D eigenvalue weighted by molar-refractivity contribution is 7.80. The van der Waals surface area contributed by atoms with E-state index in [1.165, 1.54) is 44.9 Å². The zero-order chi connectivity index (χ0) is 23.8. The molecule has 0 amide bonds. The zero-order valence-corrected chi connectivity index (χ0v) is 22.1. The molecular weight excluding hydrogens is 410 g/mol. The van der Waals surface area contributed by atoms with Crippen LogP contribution < -0.4 is 0 Å². The molecular formula is C25H50NO4S+. The fourth-order valence-electron chi connectivity index (χ4n) is 3.53. The lowest BCUT2D eigenvalue weighted by Gasteiger charge is -2.29. The van der Waals surface area contributed by atoms with Crippen molar-refractivity contribution in [2.24, 2.45) is 5.92 Å². The predicted molar refractivity (Wildman–Crippen MR) is 132 cm³/mol. The SMILES string of the molecule is CC[N+](C)(C)CCOC(=O)C(C)CC(C)(C)OC(=O)CCCCCCCCCCCS. The minimum Gasteiger partial charge on any atom is -0.460 e. The third-order valence-corrected chi connectivity index (χ3v) is 6.24.